The van der Waals surface area contributed by atoms with Crippen LogP contribution in [-0.2, 0) is 22.4 Å². The van der Waals surface area contributed by atoms with Gasteiger partial charge in [-0.1, -0.05) is 30.3 Å². The number of carbonyl (C=O) groups is 3. The largest absolute Gasteiger partial charge is 0.494 e. The van der Waals surface area contributed by atoms with Crippen LogP contribution in [0.5, 0.6) is 5.75 Å². The lowest BCUT2D eigenvalue weighted by molar-refractivity contribution is -0.130. The fourth-order valence-corrected chi connectivity index (χ4v) is 7.28. The second-order valence-corrected chi connectivity index (χ2v) is 13.3. The van der Waals surface area contributed by atoms with Gasteiger partial charge in [-0.25, -0.2) is 0 Å². The first-order chi connectivity index (χ1) is 21.3. The summed E-state index contributed by atoms with van der Waals surface area (Å²) in [5, 5.41) is 13.1. The van der Waals surface area contributed by atoms with Crippen LogP contribution < -0.4 is 26.4 Å². The van der Waals surface area contributed by atoms with Crippen molar-refractivity contribution in [3.8, 4) is 5.75 Å². The van der Waals surface area contributed by atoms with Gasteiger partial charge in [0.05, 0.1) is 6.61 Å². The van der Waals surface area contributed by atoms with Crippen LogP contribution in [0, 0.1) is 10.8 Å². The lowest BCUT2D eigenvalue weighted by atomic mass is 9.54. The summed E-state index contributed by atoms with van der Waals surface area (Å²) in [6.45, 7) is 3.82. The molecule has 0 aliphatic heterocycles. The molecule has 3 fully saturated rings. The van der Waals surface area contributed by atoms with Crippen molar-refractivity contribution in [2.24, 2.45) is 16.6 Å². The number of hydrogen-bond donors (Lipinski definition) is 4. The molecule has 44 heavy (non-hydrogen) atoms. The second-order valence-electron chi connectivity index (χ2n) is 12.5. The summed E-state index contributed by atoms with van der Waals surface area (Å²) < 4.78 is 5.56. The van der Waals surface area contributed by atoms with Crippen molar-refractivity contribution < 1.29 is 19.1 Å². The molecule has 5 N–H and O–H groups in total. The summed E-state index contributed by atoms with van der Waals surface area (Å²) in [5.74, 6) is -0.214. The van der Waals surface area contributed by atoms with Gasteiger partial charge in [0.1, 0.15) is 17.8 Å². The minimum absolute atomic E-state index is 0.101. The molecular weight excluding hydrogens is 572 g/mol. The number of hydrogen-bond acceptors (Lipinski definition) is 6. The maximum atomic E-state index is 13.9. The molecule has 0 radical (unpaired) electrons. The molecule has 6 rings (SSSR count). The average Bonchev–Trinajstić information content (AvgIpc) is 3.58. The van der Waals surface area contributed by atoms with E-state index in [0.717, 1.165) is 61.9 Å². The van der Waals surface area contributed by atoms with Crippen molar-refractivity contribution in [1.82, 2.24) is 16.0 Å². The van der Waals surface area contributed by atoms with Crippen LogP contribution in [0.3, 0.4) is 0 Å². The lowest BCUT2D eigenvalue weighted by Crippen LogP contribution is -2.56. The molecular formula is C35H44N4O4S. The summed E-state index contributed by atoms with van der Waals surface area (Å²) in [4.78, 5) is 40.8. The Balaban J connectivity index is 1.30. The molecule has 3 amide bonds. The van der Waals surface area contributed by atoms with Gasteiger partial charge in [-0.15, -0.1) is 0 Å². The number of thiophene rings is 1. The van der Waals surface area contributed by atoms with Crippen LogP contribution in [0.25, 0.3) is 0 Å². The van der Waals surface area contributed by atoms with Crippen molar-refractivity contribution >= 4 is 29.1 Å². The highest BCUT2D eigenvalue weighted by atomic mass is 32.1. The Morgan fingerprint density at radius 1 is 0.818 bits per heavy atom. The minimum atomic E-state index is -0.891. The number of nitrogens with one attached hydrogen (secondary N) is 3. The maximum absolute atomic E-state index is 13.9. The van der Waals surface area contributed by atoms with Crippen LogP contribution in [0.2, 0.25) is 0 Å². The van der Waals surface area contributed by atoms with Gasteiger partial charge in [0, 0.05) is 24.9 Å². The number of carbonyl (C=O) groups excluding carboxylic acids is 3. The Labute approximate surface area is 264 Å². The zero-order chi connectivity index (χ0) is 31.0. The van der Waals surface area contributed by atoms with Gasteiger partial charge in [-0.05, 0) is 115 Å². The van der Waals surface area contributed by atoms with Gasteiger partial charge >= 0.3 is 0 Å². The molecule has 234 valence electrons. The van der Waals surface area contributed by atoms with Crippen LogP contribution in [0.15, 0.2) is 71.4 Å². The standard InChI is InChI=1S/C35H44N4O4S/c1-2-43-28-10-8-25(9-11-28)20-30(38-31(40)27-6-4-3-5-7-27)33(42)39-29(21-26-12-19-44-22-26)32(41)37-24-35-16-13-34(23-36,14-17-35)15-18-35/h3-12,19,22,29-30H,2,13-18,20-21,23-24,36H2,1H3,(H,37,41)(H,38,40)(H,39,42)/t29-,30+,34?,35?/m0/s1. The quantitative estimate of drug-likeness (QED) is 0.210. The van der Waals surface area contributed by atoms with Gasteiger partial charge in [0.15, 0.2) is 0 Å². The monoisotopic (exact) mass is 616 g/mol. The molecule has 3 aliphatic rings. The van der Waals surface area contributed by atoms with Gasteiger partial charge < -0.3 is 26.4 Å². The maximum Gasteiger partial charge on any atom is 0.251 e. The van der Waals surface area contributed by atoms with E-state index >= 15 is 0 Å². The highest BCUT2D eigenvalue weighted by Crippen LogP contribution is 2.56. The number of benzene rings is 2. The smallest absolute Gasteiger partial charge is 0.251 e. The summed E-state index contributed by atoms with van der Waals surface area (Å²) >= 11 is 1.56. The van der Waals surface area contributed by atoms with Crippen LogP contribution in [0.1, 0.15) is 66.9 Å². The highest BCUT2D eigenvalue weighted by molar-refractivity contribution is 7.07. The summed E-state index contributed by atoms with van der Waals surface area (Å²) in [6.07, 6.45) is 7.18. The van der Waals surface area contributed by atoms with E-state index in [4.69, 9.17) is 10.5 Å². The van der Waals surface area contributed by atoms with E-state index in [1.54, 1.807) is 35.6 Å². The van der Waals surface area contributed by atoms with Gasteiger partial charge in [0.2, 0.25) is 11.8 Å². The first-order valence-electron chi connectivity index (χ1n) is 15.7. The third-order valence-corrected chi connectivity index (χ3v) is 10.3. The summed E-state index contributed by atoms with van der Waals surface area (Å²) in [7, 11) is 0. The van der Waals surface area contributed by atoms with E-state index in [2.05, 4.69) is 16.0 Å². The van der Waals surface area contributed by atoms with E-state index < -0.39 is 18.0 Å². The minimum Gasteiger partial charge on any atom is -0.494 e. The van der Waals surface area contributed by atoms with Crippen molar-refractivity contribution in [2.75, 3.05) is 19.7 Å². The molecule has 2 atom stereocenters. The highest BCUT2D eigenvalue weighted by Gasteiger charge is 2.48. The second kappa shape index (κ2) is 14.4. The molecule has 3 aliphatic carbocycles. The first-order valence-corrected chi connectivity index (χ1v) is 16.6. The molecule has 1 aromatic heterocycles. The van der Waals surface area contributed by atoms with E-state index in [9.17, 15) is 14.4 Å². The number of amides is 3. The van der Waals surface area contributed by atoms with Crippen molar-refractivity contribution in [3.63, 3.8) is 0 Å². The van der Waals surface area contributed by atoms with Crippen molar-refractivity contribution in [3.05, 3.63) is 88.1 Å². The van der Waals surface area contributed by atoms with Crippen molar-refractivity contribution in [1.29, 1.82) is 0 Å². The summed E-state index contributed by atoms with van der Waals surface area (Å²) in [6, 6.07) is 16.6. The number of ether oxygens (including phenoxy) is 1. The predicted molar refractivity (Wildman–Crippen MR) is 174 cm³/mol. The molecule has 2 aromatic carbocycles. The Bertz CT molecular complexity index is 1370. The normalized spacial score (nSPS) is 22.0. The fraction of sp³-hybridized carbons (Fsp3) is 0.457. The van der Waals surface area contributed by atoms with E-state index in [1.165, 1.54) is 0 Å². The number of fused-ring (bicyclic) bond motifs is 3. The molecule has 3 aromatic rings. The number of nitrogens with two attached hydrogens (primary N) is 1. The fourth-order valence-electron chi connectivity index (χ4n) is 6.60. The van der Waals surface area contributed by atoms with Gasteiger partial charge in [0.25, 0.3) is 5.91 Å². The average molecular weight is 617 g/mol. The van der Waals surface area contributed by atoms with Crippen LogP contribution in [0.4, 0.5) is 0 Å². The molecule has 0 spiro atoms. The Kier molecular flexibility index (Phi) is 10.4. The van der Waals surface area contributed by atoms with E-state index in [-0.39, 0.29) is 29.1 Å². The van der Waals surface area contributed by atoms with Crippen LogP contribution in [-0.4, -0.2) is 49.5 Å². The van der Waals surface area contributed by atoms with Gasteiger partial charge in [-0.2, -0.15) is 11.3 Å². The SMILES string of the molecule is CCOc1ccc(C[C@@H](NC(=O)c2ccccc2)C(=O)N[C@@H](Cc2ccsc2)C(=O)NCC23CCC(CN)(CC2)CC3)cc1. The zero-order valence-electron chi connectivity index (χ0n) is 25.5. The molecule has 0 unspecified atom stereocenters. The molecule has 2 bridgehead atoms. The lowest BCUT2D eigenvalue weighted by Gasteiger charge is -2.53. The molecule has 9 heteroatoms. The Hall–Kier alpha value is -3.69. The number of rotatable bonds is 14. The third kappa shape index (κ3) is 7.87. The Morgan fingerprint density at radius 2 is 1.45 bits per heavy atom. The van der Waals surface area contributed by atoms with Gasteiger partial charge in [-0.3, -0.25) is 14.4 Å². The van der Waals surface area contributed by atoms with E-state index in [1.807, 2.05) is 54.1 Å². The topological polar surface area (TPSA) is 123 Å². The molecule has 3 saturated carbocycles. The predicted octanol–water partition coefficient (Wildman–Crippen LogP) is 4.63. The summed E-state index contributed by atoms with van der Waals surface area (Å²) in [5.41, 5.74) is 8.79. The zero-order valence-corrected chi connectivity index (χ0v) is 26.3. The molecule has 0 saturated heterocycles. The van der Waals surface area contributed by atoms with E-state index in [0.29, 0.717) is 25.1 Å². The Morgan fingerprint density at radius 3 is 2.07 bits per heavy atom. The third-order valence-electron chi connectivity index (χ3n) is 9.61. The molecule has 1 heterocycles. The van der Waals surface area contributed by atoms with Crippen LogP contribution >= 0.6 is 11.3 Å². The van der Waals surface area contributed by atoms with Crippen molar-refractivity contribution in [2.45, 2.75) is 70.4 Å². The first kappa shape index (κ1) is 31.7. The molecule has 8 nitrogen and oxygen atoms in total.